The first-order valence-corrected chi connectivity index (χ1v) is 4.81. The molecule has 1 heterocycles. The Balaban J connectivity index is 2.10. The summed E-state index contributed by atoms with van der Waals surface area (Å²) >= 11 is 0. The molecular formula is C10H16N2O2. The van der Waals surface area contributed by atoms with E-state index in [1.165, 1.54) is 6.92 Å². The molecule has 0 bridgehead atoms. The number of nitrogens with zero attached hydrogens (tertiary/aromatic N) is 2. The number of carbonyl (C=O) groups is 1. The number of hydrogen-bond acceptors (Lipinski definition) is 3. The maximum absolute atomic E-state index is 10.5. The largest absolute Gasteiger partial charge is 0.466 e. The molecule has 0 atom stereocenters. The second-order valence-electron chi connectivity index (χ2n) is 3.21. The van der Waals surface area contributed by atoms with Crippen LogP contribution in [0, 0.1) is 6.92 Å². The summed E-state index contributed by atoms with van der Waals surface area (Å²) in [5, 5.41) is 0. The molecule has 4 nitrogen and oxygen atoms in total. The van der Waals surface area contributed by atoms with Crippen molar-refractivity contribution in [2.45, 2.75) is 33.2 Å². The van der Waals surface area contributed by atoms with Gasteiger partial charge in [-0.1, -0.05) is 0 Å². The van der Waals surface area contributed by atoms with Crippen molar-refractivity contribution in [3.63, 3.8) is 0 Å². The molecule has 0 fully saturated rings. The van der Waals surface area contributed by atoms with Gasteiger partial charge in [0.05, 0.1) is 6.61 Å². The van der Waals surface area contributed by atoms with E-state index in [9.17, 15) is 4.79 Å². The first-order chi connectivity index (χ1) is 6.70. The fraction of sp³-hybridized carbons (Fsp3) is 0.600. The zero-order chi connectivity index (χ0) is 10.4. The fourth-order valence-electron chi connectivity index (χ4n) is 1.24. The first-order valence-electron chi connectivity index (χ1n) is 4.81. The molecule has 0 unspecified atom stereocenters. The number of carbonyl (C=O) groups excluding carboxylic acids is 1. The molecule has 0 aliphatic heterocycles. The van der Waals surface area contributed by atoms with Gasteiger partial charge in [-0.2, -0.15) is 0 Å². The van der Waals surface area contributed by atoms with Crippen molar-refractivity contribution < 1.29 is 9.53 Å². The highest BCUT2D eigenvalue weighted by Crippen LogP contribution is 1.99. The van der Waals surface area contributed by atoms with Gasteiger partial charge in [0, 0.05) is 25.9 Å². The minimum atomic E-state index is -0.205. The molecule has 0 aliphatic carbocycles. The Morgan fingerprint density at radius 1 is 1.57 bits per heavy atom. The van der Waals surface area contributed by atoms with Crippen LogP contribution in [0.5, 0.6) is 0 Å². The number of hydrogen-bond donors (Lipinski definition) is 0. The van der Waals surface area contributed by atoms with Crippen LogP contribution in [0.2, 0.25) is 0 Å². The van der Waals surface area contributed by atoms with Gasteiger partial charge in [0.2, 0.25) is 0 Å². The molecular weight excluding hydrogens is 180 g/mol. The minimum Gasteiger partial charge on any atom is -0.466 e. The Morgan fingerprint density at radius 2 is 2.36 bits per heavy atom. The van der Waals surface area contributed by atoms with Gasteiger partial charge in [-0.15, -0.1) is 0 Å². The van der Waals surface area contributed by atoms with Gasteiger partial charge in [-0.25, -0.2) is 4.98 Å². The van der Waals surface area contributed by atoms with Crippen LogP contribution >= 0.6 is 0 Å². The van der Waals surface area contributed by atoms with Crippen molar-refractivity contribution >= 4 is 5.97 Å². The summed E-state index contributed by atoms with van der Waals surface area (Å²) in [5.41, 5.74) is 0. The molecule has 4 heteroatoms. The molecule has 78 valence electrons. The molecule has 0 N–H and O–H groups in total. The van der Waals surface area contributed by atoms with Gasteiger partial charge in [0.1, 0.15) is 5.82 Å². The van der Waals surface area contributed by atoms with Crippen molar-refractivity contribution in [3.8, 4) is 0 Å². The van der Waals surface area contributed by atoms with Gasteiger partial charge < -0.3 is 9.30 Å². The van der Waals surface area contributed by atoms with E-state index < -0.39 is 0 Å². The number of esters is 1. The van der Waals surface area contributed by atoms with E-state index in [4.69, 9.17) is 4.74 Å². The van der Waals surface area contributed by atoms with E-state index in [1.54, 1.807) is 6.20 Å². The highest BCUT2D eigenvalue weighted by molar-refractivity contribution is 5.65. The second kappa shape index (κ2) is 5.42. The monoisotopic (exact) mass is 196 g/mol. The van der Waals surface area contributed by atoms with Crippen molar-refractivity contribution in [2.24, 2.45) is 0 Å². The Morgan fingerprint density at radius 3 is 2.93 bits per heavy atom. The molecule has 0 amide bonds. The zero-order valence-electron chi connectivity index (χ0n) is 8.69. The van der Waals surface area contributed by atoms with Gasteiger partial charge in [-0.05, 0) is 19.8 Å². The van der Waals surface area contributed by atoms with Crippen molar-refractivity contribution in [1.29, 1.82) is 0 Å². The number of aromatic nitrogens is 2. The second-order valence-corrected chi connectivity index (χ2v) is 3.21. The average Bonchev–Trinajstić information content (AvgIpc) is 2.51. The molecule has 1 aromatic rings. The van der Waals surface area contributed by atoms with E-state index in [2.05, 4.69) is 9.55 Å². The van der Waals surface area contributed by atoms with Gasteiger partial charge in [-0.3, -0.25) is 4.79 Å². The van der Waals surface area contributed by atoms with E-state index in [0.717, 1.165) is 25.2 Å². The van der Waals surface area contributed by atoms with Crippen molar-refractivity contribution in [2.75, 3.05) is 6.61 Å². The summed E-state index contributed by atoms with van der Waals surface area (Å²) in [4.78, 5) is 14.6. The lowest BCUT2D eigenvalue weighted by Gasteiger charge is -2.04. The van der Waals surface area contributed by atoms with Gasteiger partial charge >= 0.3 is 5.97 Å². The number of ether oxygens (including phenoxy) is 1. The smallest absolute Gasteiger partial charge is 0.302 e. The quantitative estimate of drug-likeness (QED) is 0.530. The summed E-state index contributed by atoms with van der Waals surface area (Å²) < 4.78 is 6.92. The average molecular weight is 196 g/mol. The van der Waals surface area contributed by atoms with Crippen molar-refractivity contribution in [3.05, 3.63) is 18.2 Å². The van der Waals surface area contributed by atoms with E-state index in [0.29, 0.717) is 6.61 Å². The number of imidazole rings is 1. The molecule has 0 spiro atoms. The SMILES string of the molecule is CC(=O)OCCCCn1ccnc1C. The normalized spacial score (nSPS) is 10.1. The third-order valence-corrected chi connectivity index (χ3v) is 2.02. The Hall–Kier alpha value is -1.32. The maximum atomic E-state index is 10.5. The summed E-state index contributed by atoms with van der Waals surface area (Å²) in [5.74, 6) is 0.821. The summed E-state index contributed by atoms with van der Waals surface area (Å²) in [6, 6.07) is 0. The minimum absolute atomic E-state index is 0.205. The molecule has 14 heavy (non-hydrogen) atoms. The van der Waals surface area contributed by atoms with Crippen LogP contribution in [0.15, 0.2) is 12.4 Å². The van der Waals surface area contributed by atoms with E-state index in [-0.39, 0.29) is 5.97 Å². The van der Waals surface area contributed by atoms with Gasteiger partial charge in [0.25, 0.3) is 0 Å². The number of rotatable bonds is 5. The lowest BCUT2D eigenvalue weighted by Crippen LogP contribution is -2.03. The van der Waals surface area contributed by atoms with Crippen LogP contribution in [0.25, 0.3) is 0 Å². The van der Waals surface area contributed by atoms with E-state index >= 15 is 0 Å². The van der Waals surface area contributed by atoms with Crippen LogP contribution in [-0.2, 0) is 16.1 Å². The predicted molar refractivity (Wildman–Crippen MR) is 52.8 cm³/mol. The fourth-order valence-corrected chi connectivity index (χ4v) is 1.24. The zero-order valence-corrected chi connectivity index (χ0v) is 8.69. The molecule has 0 aliphatic rings. The first kappa shape index (κ1) is 10.8. The van der Waals surface area contributed by atoms with Crippen LogP contribution in [0.4, 0.5) is 0 Å². The topological polar surface area (TPSA) is 44.1 Å². The molecule has 1 rings (SSSR count). The third-order valence-electron chi connectivity index (χ3n) is 2.02. The summed E-state index contributed by atoms with van der Waals surface area (Å²) in [6.45, 7) is 4.86. The summed E-state index contributed by atoms with van der Waals surface area (Å²) in [6.07, 6.45) is 5.66. The van der Waals surface area contributed by atoms with E-state index in [1.807, 2.05) is 13.1 Å². The highest BCUT2D eigenvalue weighted by Gasteiger charge is 1.97. The molecule has 1 aromatic heterocycles. The summed E-state index contributed by atoms with van der Waals surface area (Å²) in [7, 11) is 0. The molecule has 0 saturated carbocycles. The molecule has 0 aromatic carbocycles. The van der Waals surface area contributed by atoms with Crippen LogP contribution < -0.4 is 0 Å². The number of unbranched alkanes of at least 4 members (excludes halogenated alkanes) is 1. The highest BCUT2D eigenvalue weighted by atomic mass is 16.5. The third kappa shape index (κ3) is 3.60. The standard InChI is InChI=1S/C10H16N2O2/c1-9-11-5-7-12(9)6-3-4-8-14-10(2)13/h5,7H,3-4,6,8H2,1-2H3. The van der Waals surface area contributed by atoms with Crippen LogP contribution in [-0.4, -0.2) is 22.1 Å². The lowest BCUT2D eigenvalue weighted by molar-refractivity contribution is -0.141. The maximum Gasteiger partial charge on any atom is 0.302 e. The van der Waals surface area contributed by atoms with Gasteiger partial charge in [0.15, 0.2) is 0 Å². The molecule has 0 radical (unpaired) electrons. The Bertz CT molecular complexity index is 294. The Labute approximate surface area is 83.9 Å². The predicted octanol–water partition coefficient (Wildman–Crippen LogP) is 1.53. The molecule has 0 saturated heterocycles. The van der Waals surface area contributed by atoms with Crippen LogP contribution in [0.1, 0.15) is 25.6 Å². The number of aryl methyl sites for hydroxylation is 2. The Kier molecular flexibility index (Phi) is 4.16. The van der Waals surface area contributed by atoms with Crippen LogP contribution in [0.3, 0.4) is 0 Å². The van der Waals surface area contributed by atoms with Crippen molar-refractivity contribution in [1.82, 2.24) is 9.55 Å². The lowest BCUT2D eigenvalue weighted by atomic mass is 10.3.